The van der Waals surface area contributed by atoms with E-state index in [1.54, 1.807) is 11.8 Å². The Balaban J connectivity index is 2.60. The predicted molar refractivity (Wildman–Crippen MR) is 57.8 cm³/mol. The summed E-state index contributed by atoms with van der Waals surface area (Å²) in [6.45, 7) is 2.17. The molecule has 1 aromatic rings. The van der Waals surface area contributed by atoms with E-state index < -0.39 is 0 Å². The molecule has 0 aliphatic heterocycles. The van der Waals surface area contributed by atoms with E-state index >= 15 is 0 Å². The van der Waals surface area contributed by atoms with Gasteiger partial charge < -0.3 is 5.32 Å². The molecular weight excluding hydrogens is 166 g/mol. The van der Waals surface area contributed by atoms with Crippen molar-refractivity contribution in [1.82, 2.24) is 0 Å². The predicted octanol–water partition coefficient (Wildman–Crippen LogP) is 2.98. The molecule has 0 bridgehead atoms. The minimum absolute atomic E-state index is 0.979. The molecule has 66 valence electrons. The quantitative estimate of drug-likeness (QED) is 0.717. The van der Waals surface area contributed by atoms with Crippen LogP contribution in [0.3, 0.4) is 0 Å². The summed E-state index contributed by atoms with van der Waals surface area (Å²) in [6.07, 6.45) is 3.20. The number of thioether (sulfide) groups is 1. The van der Waals surface area contributed by atoms with Crippen LogP contribution in [0, 0.1) is 0 Å². The normalized spacial score (nSPS) is 9.83. The van der Waals surface area contributed by atoms with Gasteiger partial charge in [-0.3, -0.25) is 0 Å². The molecule has 0 aromatic heterocycles. The highest BCUT2D eigenvalue weighted by Gasteiger charge is 1.91. The van der Waals surface area contributed by atoms with Gasteiger partial charge >= 0.3 is 0 Å². The molecule has 0 heterocycles. The zero-order valence-corrected chi connectivity index (χ0v) is 8.45. The van der Waals surface area contributed by atoms with Crippen molar-refractivity contribution < 1.29 is 0 Å². The molecule has 0 radical (unpaired) electrons. The third kappa shape index (κ3) is 2.78. The Bertz CT molecular complexity index is 235. The minimum atomic E-state index is 0.979. The number of hydrogen-bond donors (Lipinski definition) is 1. The van der Waals surface area contributed by atoms with Gasteiger partial charge in [-0.05, 0) is 30.4 Å². The Morgan fingerprint density at radius 3 is 2.92 bits per heavy atom. The second kappa shape index (κ2) is 5.09. The van der Waals surface area contributed by atoms with E-state index in [9.17, 15) is 0 Å². The van der Waals surface area contributed by atoms with Crippen LogP contribution in [0.25, 0.3) is 0 Å². The summed E-state index contributed by atoms with van der Waals surface area (Å²) >= 11 is 1.80. The van der Waals surface area contributed by atoms with Crippen LogP contribution in [0.4, 0.5) is 5.69 Å². The number of anilines is 1. The molecule has 0 aliphatic carbocycles. The van der Waals surface area contributed by atoms with Crippen molar-refractivity contribution in [2.45, 2.75) is 13.3 Å². The van der Waals surface area contributed by atoms with Gasteiger partial charge in [-0.2, -0.15) is 0 Å². The number of rotatable bonds is 4. The van der Waals surface area contributed by atoms with Gasteiger partial charge in [0.15, 0.2) is 0 Å². The monoisotopic (exact) mass is 181 g/mol. The van der Waals surface area contributed by atoms with Gasteiger partial charge in [0.25, 0.3) is 0 Å². The lowest BCUT2D eigenvalue weighted by atomic mass is 10.1. The summed E-state index contributed by atoms with van der Waals surface area (Å²) in [7, 11) is 0. The number of nitrogens with one attached hydrogen (secondary N) is 1. The molecule has 1 aromatic carbocycles. The van der Waals surface area contributed by atoms with Crippen LogP contribution in [0.1, 0.15) is 12.5 Å². The van der Waals surface area contributed by atoms with Crippen LogP contribution in [0.5, 0.6) is 0 Å². The van der Waals surface area contributed by atoms with Crippen LogP contribution in [0.15, 0.2) is 24.3 Å². The molecule has 0 spiro atoms. The van der Waals surface area contributed by atoms with E-state index in [1.807, 2.05) is 0 Å². The highest BCUT2D eigenvalue weighted by atomic mass is 32.2. The van der Waals surface area contributed by atoms with Crippen LogP contribution in [-0.4, -0.2) is 12.1 Å². The Hall–Kier alpha value is -0.630. The fraction of sp³-hybridized carbons (Fsp3) is 0.400. The SMILES string of the molecule is CCc1cccc(NCSC)c1. The van der Waals surface area contributed by atoms with E-state index in [4.69, 9.17) is 0 Å². The molecule has 0 saturated heterocycles. The summed E-state index contributed by atoms with van der Waals surface area (Å²) in [6, 6.07) is 8.57. The fourth-order valence-corrected chi connectivity index (χ4v) is 1.37. The molecule has 1 N–H and O–H groups in total. The highest BCUT2D eigenvalue weighted by molar-refractivity contribution is 7.98. The first-order valence-electron chi connectivity index (χ1n) is 4.18. The summed E-state index contributed by atoms with van der Waals surface area (Å²) in [5.74, 6) is 0.979. The lowest BCUT2D eigenvalue weighted by molar-refractivity contribution is 1.14. The molecule has 0 amide bonds. The van der Waals surface area contributed by atoms with Crippen molar-refractivity contribution in [3.05, 3.63) is 29.8 Å². The average molecular weight is 181 g/mol. The molecule has 0 aliphatic rings. The number of hydrogen-bond acceptors (Lipinski definition) is 2. The van der Waals surface area contributed by atoms with Crippen molar-refractivity contribution in [2.75, 3.05) is 17.4 Å². The standard InChI is InChI=1S/C10H15NS/c1-3-9-5-4-6-10(7-9)11-8-12-2/h4-7,11H,3,8H2,1-2H3. The van der Waals surface area contributed by atoms with Crippen molar-refractivity contribution in [3.8, 4) is 0 Å². The van der Waals surface area contributed by atoms with E-state index in [0.29, 0.717) is 0 Å². The van der Waals surface area contributed by atoms with Crippen LogP contribution in [-0.2, 0) is 6.42 Å². The van der Waals surface area contributed by atoms with Crippen molar-refractivity contribution >= 4 is 17.4 Å². The van der Waals surface area contributed by atoms with Crippen LogP contribution in [0.2, 0.25) is 0 Å². The fourth-order valence-electron chi connectivity index (χ4n) is 1.06. The first kappa shape index (κ1) is 9.46. The van der Waals surface area contributed by atoms with Crippen molar-refractivity contribution in [3.63, 3.8) is 0 Å². The maximum Gasteiger partial charge on any atom is 0.0608 e. The zero-order valence-electron chi connectivity index (χ0n) is 7.63. The van der Waals surface area contributed by atoms with Crippen LogP contribution < -0.4 is 5.32 Å². The number of benzene rings is 1. The maximum absolute atomic E-state index is 3.33. The van der Waals surface area contributed by atoms with Gasteiger partial charge in [0.2, 0.25) is 0 Å². The van der Waals surface area contributed by atoms with Gasteiger partial charge in [-0.1, -0.05) is 19.1 Å². The molecule has 2 heteroatoms. The van der Waals surface area contributed by atoms with Gasteiger partial charge in [0.05, 0.1) is 5.88 Å². The second-order valence-corrected chi connectivity index (χ2v) is 3.53. The summed E-state index contributed by atoms with van der Waals surface area (Å²) in [5, 5.41) is 3.33. The molecule has 0 fully saturated rings. The van der Waals surface area contributed by atoms with Crippen LogP contribution >= 0.6 is 11.8 Å². The lowest BCUT2D eigenvalue weighted by Crippen LogP contribution is -1.96. The van der Waals surface area contributed by atoms with Gasteiger partial charge in [0, 0.05) is 5.69 Å². The zero-order chi connectivity index (χ0) is 8.81. The molecule has 0 unspecified atom stereocenters. The Morgan fingerprint density at radius 2 is 2.25 bits per heavy atom. The number of aryl methyl sites for hydroxylation is 1. The first-order valence-corrected chi connectivity index (χ1v) is 5.58. The largest absolute Gasteiger partial charge is 0.376 e. The van der Waals surface area contributed by atoms with Crippen molar-refractivity contribution in [2.24, 2.45) is 0 Å². The molecular formula is C10H15NS. The van der Waals surface area contributed by atoms with Gasteiger partial charge in [-0.25, -0.2) is 0 Å². The summed E-state index contributed by atoms with van der Waals surface area (Å²) in [4.78, 5) is 0. The average Bonchev–Trinajstić information content (AvgIpc) is 2.15. The molecule has 12 heavy (non-hydrogen) atoms. The Labute approximate surface area is 78.6 Å². The minimum Gasteiger partial charge on any atom is -0.376 e. The lowest BCUT2D eigenvalue weighted by Gasteiger charge is -2.05. The smallest absolute Gasteiger partial charge is 0.0608 e. The maximum atomic E-state index is 3.33. The van der Waals surface area contributed by atoms with Gasteiger partial charge in [-0.15, -0.1) is 11.8 Å². The van der Waals surface area contributed by atoms with Gasteiger partial charge in [0.1, 0.15) is 0 Å². The Morgan fingerprint density at radius 1 is 1.42 bits per heavy atom. The third-order valence-electron chi connectivity index (χ3n) is 1.76. The highest BCUT2D eigenvalue weighted by Crippen LogP contribution is 2.11. The first-order chi connectivity index (χ1) is 5.86. The van der Waals surface area contributed by atoms with E-state index in [1.165, 1.54) is 11.3 Å². The summed E-state index contributed by atoms with van der Waals surface area (Å²) < 4.78 is 0. The molecule has 1 nitrogen and oxygen atoms in total. The van der Waals surface area contributed by atoms with E-state index in [0.717, 1.165) is 12.3 Å². The molecule has 0 saturated carbocycles. The molecule has 1 rings (SSSR count). The van der Waals surface area contributed by atoms with E-state index in [-0.39, 0.29) is 0 Å². The third-order valence-corrected chi connectivity index (χ3v) is 2.19. The molecule has 0 atom stereocenters. The Kier molecular flexibility index (Phi) is 4.01. The topological polar surface area (TPSA) is 12.0 Å². The summed E-state index contributed by atoms with van der Waals surface area (Å²) in [5.41, 5.74) is 2.62. The van der Waals surface area contributed by atoms with E-state index in [2.05, 4.69) is 42.8 Å². The van der Waals surface area contributed by atoms with Crippen molar-refractivity contribution in [1.29, 1.82) is 0 Å². The second-order valence-electron chi connectivity index (χ2n) is 2.66.